The fraction of sp³-hybridized carbons (Fsp3) is 0.143. The van der Waals surface area contributed by atoms with Gasteiger partial charge in [-0.3, -0.25) is 0 Å². The van der Waals surface area contributed by atoms with Crippen LogP contribution in [0.2, 0.25) is 0 Å². The van der Waals surface area contributed by atoms with E-state index in [0.717, 1.165) is 17.7 Å². The van der Waals surface area contributed by atoms with E-state index in [1.165, 1.54) is 5.56 Å². The molecule has 0 amide bonds. The van der Waals surface area contributed by atoms with E-state index in [-0.39, 0.29) is 4.90 Å². The van der Waals surface area contributed by atoms with E-state index < -0.39 is 10.1 Å². The van der Waals surface area contributed by atoms with Crippen molar-refractivity contribution in [3.05, 3.63) is 95.6 Å². The molecule has 0 aromatic heterocycles. The summed E-state index contributed by atoms with van der Waals surface area (Å²) in [7, 11) is -3.81. The van der Waals surface area contributed by atoms with E-state index >= 15 is 0 Å². The van der Waals surface area contributed by atoms with Gasteiger partial charge in [0.25, 0.3) is 0 Å². The highest BCUT2D eigenvalue weighted by Gasteiger charge is 2.16. The van der Waals surface area contributed by atoms with E-state index in [2.05, 4.69) is 17.4 Å². The molecular weight excluding hydrogens is 346 g/mol. The average molecular weight is 367 g/mol. The van der Waals surface area contributed by atoms with Crippen LogP contribution in [0.1, 0.15) is 16.7 Å². The zero-order chi connectivity index (χ0) is 18.4. The molecule has 0 atom stereocenters. The highest BCUT2D eigenvalue weighted by atomic mass is 32.2. The van der Waals surface area contributed by atoms with E-state index in [1.54, 1.807) is 36.4 Å². The smallest absolute Gasteiger partial charge is 0.339 e. The normalized spacial score (nSPS) is 11.3. The Kier molecular flexibility index (Phi) is 5.71. The van der Waals surface area contributed by atoms with Crippen molar-refractivity contribution in [1.82, 2.24) is 5.32 Å². The van der Waals surface area contributed by atoms with Crippen LogP contribution in [-0.4, -0.2) is 8.42 Å². The first-order valence-electron chi connectivity index (χ1n) is 8.38. The van der Waals surface area contributed by atoms with Gasteiger partial charge in [0.05, 0.1) is 0 Å². The molecule has 26 heavy (non-hydrogen) atoms. The molecule has 0 saturated carbocycles. The molecule has 4 nitrogen and oxygen atoms in total. The Morgan fingerprint density at radius 1 is 0.769 bits per heavy atom. The standard InChI is InChI=1S/C21H21NO3S/c1-17-7-13-21(14-8-17)26(23,24)25-20-11-9-19(10-12-20)16-22-15-18-5-3-2-4-6-18/h2-14,22H,15-16H2,1H3. The minimum absolute atomic E-state index is 0.150. The van der Waals surface area contributed by atoms with Gasteiger partial charge in [0, 0.05) is 13.1 Å². The van der Waals surface area contributed by atoms with Crippen LogP contribution < -0.4 is 9.50 Å². The first-order valence-corrected chi connectivity index (χ1v) is 9.78. The lowest BCUT2D eigenvalue weighted by Crippen LogP contribution is -2.13. The Labute approximate surface area is 154 Å². The van der Waals surface area contributed by atoms with Crippen molar-refractivity contribution >= 4 is 10.1 Å². The van der Waals surface area contributed by atoms with Crippen molar-refractivity contribution in [3.8, 4) is 5.75 Å². The topological polar surface area (TPSA) is 55.4 Å². The molecule has 1 N–H and O–H groups in total. The monoisotopic (exact) mass is 367 g/mol. The molecule has 0 saturated heterocycles. The first kappa shape index (κ1) is 18.2. The van der Waals surface area contributed by atoms with Gasteiger partial charge in [-0.15, -0.1) is 0 Å². The third kappa shape index (κ3) is 4.94. The summed E-state index contributed by atoms with van der Waals surface area (Å²) >= 11 is 0. The summed E-state index contributed by atoms with van der Waals surface area (Å²) in [5.74, 6) is 0.303. The fourth-order valence-electron chi connectivity index (χ4n) is 2.49. The number of hydrogen-bond donors (Lipinski definition) is 1. The van der Waals surface area contributed by atoms with E-state index in [9.17, 15) is 8.42 Å². The van der Waals surface area contributed by atoms with Crippen LogP contribution in [0, 0.1) is 6.92 Å². The van der Waals surface area contributed by atoms with E-state index in [1.807, 2.05) is 37.3 Å². The Hall–Kier alpha value is -2.63. The second-order valence-corrected chi connectivity index (χ2v) is 7.63. The molecule has 0 fully saturated rings. The molecule has 5 heteroatoms. The van der Waals surface area contributed by atoms with Crippen molar-refractivity contribution in [1.29, 1.82) is 0 Å². The van der Waals surface area contributed by atoms with Crippen LogP contribution in [0.4, 0.5) is 0 Å². The maximum absolute atomic E-state index is 12.3. The second kappa shape index (κ2) is 8.17. The van der Waals surface area contributed by atoms with Crippen LogP contribution in [0.15, 0.2) is 83.8 Å². The average Bonchev–Trinajstić information content (AvgIpc) is 2.64. The Balaban J connectivity index is 1.58. The lowest BCUT2D eigenvalue weighted by molar-refractivity contribution is 0.486. The molecule has 0 heterocycles. The first-order chi connectivity index (χ1) is 12.5. The molecule has 0 bridgehead atoms. The minimum Gasteiger partial charge on any atom is -0.379 e. The summed E-state index contributed by atoms with van der Waals surface area (Å²) in [4.78, 5) is 0.150. The lowest BCUT2D eigenvalue weighted by Gasteiger charge is -2.09. The zero-order valence-corrected chi connectivity index (χ0v) is 15.4. The molecule has 0 aliphatic rings. The summed E-state index contributed by atoms with van der Waals surface area (Å²) in [6.45, 7) is 3.38. The molecule has 0 aliphatic carbocycles. The lowest BCUT2D eigenvalue weighted by atomic mass is 10.2. The summed E-state index contributed by atoms with van der Waals surface area (Å²) < 4.78 is 29.8. The Bertz CT molecular complexity index is 935. The van der Waals surface area contributed by atoms with Crippen LogP contribution in [0.25, 0.3) is 0 Å². The summed E-state index contributed by atoms with van der Waals surface area (Å²) in [5.41, 5.74) is 3.27. The van der Waals surface area contributed by atoms with Crippen molar-refractivity contribution in [2.75, 3.05) is 0 Å². The number of rotatable bonds is 7. The number of hydrogen-bond acceptors (Lipinski definition) is 4. The minimum atomic E-state index is -3.81. The van der Waals surface area contributed by atoms with Gasteiger partial charge in [-0.05, 0) is 42.3 Å². The third-order valence-corrected chi connectivity index (χ3v) is 5.20. The fourth-order valence-corrected chi connectivity index (χ4v) is 3.42. The quantitative estimate of drug-likeness (QED) is 0.640. The maximum Gasteiger partial charge on any atom is 0.339 e. The third-order valence-electron chi connectivity index (χ3n) is 3.94. The van der Waals surface area contributed by atoms with Gasteiger partial charge < -0.3 is 9.50 Å². The molecule has 3 rings (SSSR count). The summed E-state index contributed by atoms with van der Waals surface area (Å²) in [6.07, 6.45) is 0. The van der Waals surface area contributed by atoms with Gasteiger partial charge in [-0.2, -0.15) is 8.42 Å². The van der Waals surface area contributed by atoms with Gasteiger partial charge in [-0.25, -0.2) is 0 Å². The summed E-state index contributed by atoms with van der Waals surface area (Å²) in [5, 5.41) is 3.36. The van der Waals surface area contributed by atoms with Gasteiger partial charge >= 0.3 is 10.1 Å². The predicted octanol–water partition coefficient (Wildman–Crippen LogP) is 4.05. The second-order valence-electron chi connectivity index (χ2n) is 6.08. The van der Waals surface area contributed by atoms with Crippen LogP contribution in [0.5, 0.6) is 5.75 Å². The predicted molar refractivity (Wildman–Crippen MR) is 102 cm³/mol. The van der Waals surface area contributed by atoms with Crippen LogP contribution >= 0.6 is 0 Å². The van der Waals surface area contributed by atoms with Gasteiger partial charge in [0.15, 0.2) is 0 Å². The maximum atomic E-state index is 12.3. The van der Waals surface area contributed by atoms with Crippen molar-refractivity contribution in [3.63, 3.8) is 0 Å². The Morgan fingerprint density at radius 2 is 1.35 bits per heavy atom. The van der Waals surface area contributed by atoms with Gasteiger partial charge in [0.2, 0.25) is 0 Å². The summed E-state index contributed by atoms with van der Waals surface area (Å²) in [6, 6.07) is 23.8. The molecule has 0 radical (unpaired) electrons. The highest BCUT2D eigenvalue weighted by Crippen LogP contribution is 2.19. The largest absolute Gasteiger partial charge is 0.379 e. The van der Waals surface area contributed by atoms with E-state index in [4.69, 9.17) is 4.18 Å². The molecule has 134 valence electrons. The molecular formula is C21H21NO3S. The Morgan fingerprint density at radius 3 is 1.96 bits per heavy atom. The van der Waals surface area contributed by atoms with Crippen molar-refractivity contribution < 1.29 is 12.6 Å². The number of benzene rings is 3. The van der Waals surface area contributed by atoms with Crippen LogP contribution in [0.3, 0.4) is 0 Å². The SMILES string of the molecule is Cc1ccc(S(=O)(=O)Oc2ccc(CNCc3ccccc3)cc2)cc1. The van der Waals surface area contributed by atoms with Crippen molar-refractivity contribution in [2.45, 2.75) is 24.9 Å². The molecule has 3 aromatic rings. The van der Waals surface area contributed by atoms with Crippen LogP contribution in [-0.2, 0) is 23.2 Å². The van der Waals surface area contributed by atoms with Gasteiger partial charge in [0.1, 0.15) is 10.6 Å². The molecule has 0 spiro atoms. The highest BCUT2D eigenvalue weighted by molar-refractivity contribution is 7.87. The molecule has 0 unspecified atom stereocenters. The zero-order valence-electron chi connectivity index (χ0n) is 14.6. The van der Waals surface area contributed by atoms with E-state index in [0.29, 0.717) is 12.3 Å². The number of nitrogens with one attached hydrogen (secondary N) is 1. The van der Waals surface area contributed by atoms with Gasteiger partial charge in [-0.1, -0.05) is 60.2 Å². The number of aryl methyl sites for hydroxylation is 1. The molecule has 0 aliphatic heterocycles. The molecule has 3 aromatic carbocycles. The van der Waals surface area contributed by atoms with Crippen molar-refractivity contribution in [2.24, 2.45) is 0 Å².